The van der Waals surface area contributed by atoms with Gasteiger partial charge in [-0.25, -0.2) is 0 Å². The zero-order chi connectivity index (χ0) is 12.1. The number of fused-ring (bicyclic) bond motifs is 2. The Morgan fingerprint density at radius 2 is 1.75 bits per heavy atom. The third-order valence-electron chi connectivity index (χ3n) is 3.51. The average Bonchev–Trinajstić information content (AvgIpc) is 2.37. The minimum atomic E-state index is -4.70. The highest BCUT2D eigenvalue weighted by Gasteiger charge is 2.60. The van der Waals surface area contributed by atoms with Crippen LogP contribution in [0.1, 0.15) is 25.7 Å². The normalized spacial score (nSPS) is 38.9. The van der Waals surface area contributed by atoms with Gasteiger partial charge in [0.1, 0.15) is 6.09 Å². The highest BCUT2D eigenvalue weighted by atomic mass is 19.4. The molecule has 0 aromatic carbocycles. The van der Waals surface area contributed by atoms with Gasteiger partial charge in [-0.05, 0) is 12.8 Å². The molecule has 0 aromatic rings. The first-order valence-corrected chi connectivity index (χ1v) is 5.03. The van der Waals surface area contributed by atoms with Gasteiger partial charge in [-0.3, -0.25) is 0 Å². The lowest BCUT2D eigenvalue weighted by atomic mass is 9.86. The Kier molecular flexibility index (Phi) is 2.34. The molecule has 2 atom stereocenters. The van der Waals surface area contributed by atoms with Gasteiger partial charge in [0, 0.05) is 24.9 Å². The van der Waals surface area contributed by atoms with E-state index >= 15 is 0 Å². The first-order chi connectivity index (χ1) is 7.24. The van der Waals surface area contributed by atoms with Gasteiger partial charge >= 0.3 is 6.18 Å². The quantitative estimate of drug-likeness (QED) is 0.658. The molecular formula is C9H11F3NO3-. The van der Waals surface area contributed by atoms with Crippen LogP contribution in [-0.2, 0) is 0 Å². The zero-order valence-corrected chi connectivity index (χ0v) is 8.33. The summed E-state index contributed by atoms with van der Waals surface area (Å²) < 4.78 is 37.8. The maximum Gasteiger partial charge on any atom is 0.417 e. The Morgan fingerprint density at radius 3 is 2.06 bits per heavy atom. The third kappa shape index (κ3) is 1.53. The molecule has 0 aliphatic carbocycles. The van der Waals surface area contributed by atoms with Crippen LogP contribution < -0.4 is 5.11 Å². The number of carbonyl (C=O) groups is 1. The molecule has 2 aliphatic heterocycles. The van der Waals surface area contributed by atoms with Gasteiger partial charge in [0.2, 0.25) is 0 Å². The number of aliphatic hydroxyl groups is 1. The molecule has 16 heavy (non-hydrogen) atoms. The maximum absolute atomic E-state index is 12.6. The SMILES string of the molecule is O=C([O-])N1C2CCC1CC(O)(C(F)(F)F)C2. The van der Waals surface area contributed by atoms with Crippen molar-refractivity contribution < 1.29 is 28.2 Å². The molecule has 0 radical (unpaired) electrons. The number of carbonyl (C=O) groups excluding carboxylic acids is 1. The number of hydrogen-bond acceptors (Lipinski definition) is 3. The molecule has 0 aromatic heterocycles. The molecular weight excluding hydrogens is 227 g/mol. The molecule has 2 unspecified atom stereocenters. The van der Waals surface area contributed by atoms with Crippen molar-refractivity contribution in [2.75, 3.05) is 0 Å². The molecule has 92 valence electrons. The van der Waals surface area contributed by atoms with Crippen LogP contribution in [-0.4, -0.2) is 40.0 Å². The summed E-state index contributed by atoms with van der Waals surface area (Å²) in [7, 11) is 0. The molecule has 7 heteroatoms. The summed E-state index contributed by atoms with van der Waals surface area (Å²) in [4.78, 5) is 11.7. The fraction of sp³-hybridized carbons (Fsp3) is 0.889. The van der Waals surface area contributed by atoms with Gasteiger partial charge in [0.05, 0.1) is 0 Å². The van der Waals surface area contributed by atoms with Crippen LogP contribution in [0.25, 0.3) is 0 Å². The largest absolute Gasteiger partial charge is 0.530 e. The molecule has 2 saturated heterocycles. The standard InChI is InChI=1S/C9H12F3NO3/c10-9(11,12)8(16)3-5-1-2-6(4-8)13(5)7(14)15/h5-6,16H,1-4H2,(H,14,15)/p-1. The van der Waals surface area contributed by atoms with E-state index in [1.807, 2.05) is 0 Å². The van der Waals surface area contributed by atoms with Crippen LogP contribution in [0, 0.1) is 0 Å². The second-order valence-corrected chi connectivity index (χ2v) is 4.50. The highest BCUT2D eigenvalue weighted by Crippen LogP contribution is 2.47. The van der Waals surface area contributed by atoms with Gasteiger partial charge in [0.25, 0.3) is 0 Å². The second-order valence-electron chi connectivity index (χ2n) is 4.50. The minimum Gasteiger partial charge on any atom is -0.530 e. The summed E-state index contributed by atoms with van der Waals surface area (Å²) in [5.41, 5.74) is -2.75. The molecule has 2 heterocycles. The fourth-order valence-corrected chi connectivity index (χ4v) is 2.75. The van der Waals surface area contributed by atoms with Crippen molar-refractivity contribution in [1.82, 2.24) is 4.90 Å². The van der Waals surface area contributed by atoms with E-state index in [2.05, 4.69) is 0 Å². The van der Waals surface area contributed by atoms with Gasteiger partial charge in [0.15, 0.2) is 5.60 Å². The van der Waals surface area contributed by atoms with E-state index in [1.54, 1.807) is 0 Å². The number of alkyl halides is 3. The summed E-state index contributed by atoms with van der Waals surface area (Å²) in [6.07, 6.45) is -6.60. The van der Waals surface area contributed by atoms with Gasteiger partial charge in [-0.1, -0.05) is 0 Å². The Bertz CT molecular complexity index is 304. The Morgan fingerprint density at radius 1 is 1.31 bits per heavy atom. The molecule has 2 fully saturated rings. The Balaban J connectivity index is 2.22. The molecule has 2 rings (SSSR count). The summed E-state index contributed by atoms with van der Waals surface area (Å²) >= 11 is 0. The van der Waals surface area contributed by atoms with Gasteiger partial charge in [-0.2, -0.15) is 13.2 Å². The average molecular weight is 238 g/mol. The molecule has 1 amide bonds. The van der Waals surface area contributed by atoms with Crippen molar-refractivity contribution in [2.24, 2.45) is 0 Å². The molecule has 2 aliphatic rings. The van der Waals surface area contributed by atoms with E-state index in [0.29, 0.717) is 12.8 Å². The smallest absolute Gasteiger partial charge is 0.417 e. The first kappa shape index (κ1) is 11.5. The predicted molar refractivity (Wildman–Crippen MR) is 44.3 cm³/mol. The number of halogens is 3. The summed E-state index contributed by atoms with van der Waals surface area (Å²) in [6.45, 7) is 0. The van der Waals surface area contributed by atoms with E-state index in [1.165, 1.54) is 0 Å². The predicted octanol–water partition coefficient (Wildman–Crippen LogP) is 0.250. The lowest BCUT2D eigenvalue weighted by molar-refractivity contribution is -0.295. The third-order valence-corrected chi connectivity index (χ3v) is 3.51. The van der Waals surface area contributed by atoms with Gasteiger partial charge in [-0.15, -0.1) is 0 Å². The molecule has 1 N–H and O–H groups in total. The number of piperidine rings is 1. The first-order valence-electron chi connectivity index (χ1n) is 5.03. The Labute approximate surface area is 89.7 Å². The van der Waals surface area contributed by atoms with E-state index in [9.17, 15) is 28.2 Å². The monoisotopic (exact) mass is 238 g/mol. The number of hydrogen-bond donors (Lipinski definition) is 1. The van der Waals surface area contributed by atoms with Crippen molar-refractivity contribution >= 4 is 6.09 Å². The summed E-state index contributed by atoms with van der Waals surface area (Å²) in [5.74, 6) is 0. The summed E-state index contributed by atoms with van der Waals surface area (Å²) in [6, 6.07) is -1.54. The topological polar surface area (TPSA) is 63.6 Å². The van der Waals surface area contributed by atoms with Crippen molar-refractivity contribution in [2.45, 2.75) is 49.5 Å². The lowest BCUT2D eigenvalue weighted by Gasteiger charge is -2.45. The van der Waals surface area contributed by atoms with Crippen molar-refractivity contribution in [3.8, 4) is 0 Å². The van der Waals surface area contributed by atoms with E-state index in [-0.39, 0.29) is 0 Å². The number of nitrogens with zero attached hydrogens (tertiary/aromatic N) is 1. The zero-order valence-electron chi connectivity index (χ0n) is 8.33. The lowest BCUT2D eigenvalue weighted by Crippen LogP contribution is -2.61. The number of rotatable bonds is 0. The van der Waals surface area contributed by atoms with Crippen LogP contribution in [0.15, 0.2) is 0 Å². The molecule has 4 nitrogen and oxygen atoms in total. The van der Waals surface area contributed by atoms with Crippen molar-refractivity contribution in [3.63, 3.8) is 0 Å². The maximum atomic E-state index is 12.6. The minimum absolute atomic E-state index is 0.358. The number of carboxylic acid groups (broad SMARTS) is 1. The Hall–Kier alpha value is -0.980. The van der Waals surface area contributed by atoms with Crippen LogP contribution >= 0.6 is 0 Å². The van der Waals surface area contributed by atoms with Crippen LogP contribution in [0.3, 0.4) is 0 Å². The van der Waals surface area contributed by atoms with Gasteiger partial charge < -0.3 is 19.9 Å². The highest BCUT2D eigenvalue weighted by molar-refractivity contribution is 5.64. The fourth-order valence-electron chi connectivity index (χ4n) is 2.75. The second kappa shape index (κ2) is 3.26. The van der Waals surface area contributed by atoms with Crippen molar-refractivity contribution in [3.05, 3.63) is 0 Å². The van der Waals surface area contributed by atoms with E-state index in [4.69, 9.17) is 0 Å². The van der Waals surface area contributed by atoms with Crippen LogP contribution in [0.2, 0.25) is 0 Å². The van der Waals surface area contributed by atoms with Crippen LogP contribution in [0.4, 0.5) is 18.0 Å². The van der Waals surface area contributed by atoms with Crippen LogP contribution in [0.5, 0.6) is 0 Å². The number of amides is 1. The van der Waals surface area contributed by atoms with E-state index < -0.39 is 42.8 Å². The molecule has 2 bridgehead atoms. The molecule has 0 saturated carbocycles. The van der Waals surface area contributed by atoms with Crippen molar-refractivity contribution in [1.29, 1.82) is 0 Å². The van der Waals surface area contributed by atoms with E-state index in [0.717, 1.165) is 4.90 Å². The summed E-state index contributed by atoms with van der Waals surface area (Å²) in [5, 5.41) is 20.3. The molecule has 0 spiro atoms.